The van der Waals surface area contributed by atoms with Crippen molar-refractivity contribution in [1.82, 2.24) is 10.3 Å². The number of amides is 1. The molecule has 0 radical (unpaired) electrons. The first kappa shape index (κ1) is 15.1. The molecule has 1 aromatic carbocycles. The lowest BCUT2D eigenvalue weighted by atomic mass is 9.96. The molecular weight excluding hydrogens is 304 g/mol. The number of hydrogen-bond donors (Lipinski definition) is 2. The van der Waals surface area contributed by atoms with Gasteiger partial charge in [-0.15, -0.1) is 0 Å². The summed E-state index contributed by atoms with van der Waals surface area (Å²) in [7, 11) is 0. The van der Waals surface area contributed by atoms with Crippen molar-refractivity contribution in [3.05, 3.63) is 59.3 Å². The van der Waals surface area contributed by atoms with Crippen molar-refractivity contribution in [1.29, 1.82) is 0 Å². The van der Waals surface area contributed by atoms with Gasteiger partial charge in [0, 0.05) is 24.2 Å². The number of carbonyl (C=O) groups excluding carboxylic acids is 1. The van der Waals surface area contributed by atoms with Gasteiger partial charge in [-0.2, -0.15) is 0 Å². The number of benzene rings is 1. The number of ether oxygens (including phenoxy) is 1. The number of pyridine rings is 1. The topological polar surface area (TPSA) is 71.5 Å². The minimum Gasteiger partial charge on any atom is -0.474 e. The first-order valence-corrected chi connectivity index (χ1v) is 8.40. The molecule has 2 aromatic rings. The molecule has 1 aromatic heterocycles. The number of hydrogen-bond acceptors (Lipinski definition) is 4. The first-order chi connectivity index (χ1) is 11.7. The van der Waals surface area contributed by atoms with Crippen LogP contribution in [0.4, 0.5) is 0 Å². The Bertz CT molecular complexity index is 758. The highest BCUT2D eigenvalue weighted by Crippen LogP contribution is 2.31. The molecule has 124 valence electrons. The number of carbonyl (C=O) groups is 1. The van der Waals surface area contributed by atoms with Crippen LogP contribution in [0.25, 0.3) is 0 Å². The Labute approximate surface area is 140 Å². The molecule has 0 aliphatic heterocycles. The third-order valence-corrected chi connectivity index (χ3v) is 4.83. The van der Waals surface area contributed by atoms with Crippen molar-refractivity contribution in [2.24, 2.45) is 0 Å². The predicted octanol–water partition coefficient (Wildman–Crippen LogP) is 2.40. The van der Waals surface area contributed by atoms with Gasteiger partial charge in [0.25, 0.3) is 5.91 Å². The Morgan fingerprint density at radius 1 is 1.25 bits per heavy atom. The zero-order valence-corrected chi connectivity index (χ0v) is 13.3. The summed E-state index contributed by atoms with van der Waals surface area (Å²) in [5.74, 6) is 0.260. The molecule has 1 heterocycles. The van der Waals surface area contributed by atoms with Gasteiger partial charge < -0.3 is 15.2 Å². The fourth-order valence-electron chi connectivity index (χ4n) is 3.25. The van der Waals surface area contributed by atoms with E-state index in [1.54, 1.807) is 18.3 Å². The second kappa shape index (κ2) is 6.24. The Balaban J connectivity index is 1.49. The molecule has 0 spiro atoms. The maximum absolute atomic E-state index is 12.6. The molecule has 5 heteroatoms. The molecule has 4 rings (SSSR count). The number of aliphatic hydroxyl groups is 1. The van der Waals surface area contributed by atoms with Crippen molar-refractivity contribution in [2.75, 3.05) is 0 Å². The Morgan fingerprint density at radius 3 is 2.88 bits per heavy atom. The molecule has 0 saturated heterocycles. The Morgan fingerprint density at radius 2 is 2.08 bits per heavy atom. The number of aromatic nitrogens is 1. The third kappa shape index (κ3) is 2.87. The van der Waals surface area contributed by atoms with Gasteiger partial charge in [-0.3, -0.25) is 4.79 Å². The molecule has 2 aliphatic carbocycles. The lowest BCUT2D eigenvalue weighted by Crippen LogP contribution is -2.34. The average Bonchev–Trinajstić information content (AvgIpc) is 2.87. The van der Waals surface area contributed by atoms with E-state index in [1.165, 1.54) is 6.42 Å². The molecule has 1 saturated carbocycles. The van der Waals surface area contributed by atoms with Crippen LogP contribution in [-0.2, 0) is 6.42 Å². The van der Waals surface area contributed by atoms with Crippen LogP contribution in [-0.4, -0.2) is 28.2 Å². The summed E-state index contributed by atoms with van der Waals surface area (Å²) in [6, 6.07) is 10.8. The summed E-state index contributed by atoms with van der Waals surface area (Å²) >= 11 is 0. The van der Waals surface area contributed by atoms with Crippen LogP contribution in [0.5, 0.6) is 5.88 Å². The smallest absolute Gasteiger partial charge is 0.252 e. The van der Waals surface area contributed by atoms with Gasteiger partial charge >= 0.3 is 0 Å². The molecule has 2 N–H and O–H groups in total. The minimum absolute atomic E-state index is 0.222. The van der Waals surface area contributed by atoms with Crippen LogP contribution >= 0.6 is 0 Å². The Kier molecular flexibility index (Phi) is 3.94. The third-order valence-electron chi connectivity index (χ3n) is 4.83. The van der Waals surface area contributed by atoms with E-state index in [-0.39, 0.29) is 18.1 Å². The van der Waals surface area contributed by atoms with Gasteiger partial charge in [0.15, 0.2) is 0 Å². The van der Waals surface area contributed by atoms with E-state index in [1.807, 2.05) is 24.3 Å². The first-order valence-electron chi connectivity index (χ1n) is 8.40. The van der Waals surface area contributed by atoms with Gasteiger partial charge in [0.05, 0.1) is 12.1 Å². The van der Waals surface area contributed by atoms with E-state index in [0.717, 1.165) is 24.0 Å². The van der Waals surface area contributed by atoms with E-state index in [0.29, 0.717) is 17.9 Å². The summed E-state index contributed by atoms with van der Waals surface area (Å²) in [5, 5.41) is 13.2. The minimum atomic E-state index is -0.598. The van der Waals surface area contributed by atoms with Crippen LogP contribution in [0, 0.1) is 0 Å². The molecule has 2 unspecified atom stereocenters. The van der Waals surface area contributed by atoms with Crippen LogP contribution in [0.15, 0.2) is 42.6 Å². The molecule has 24 heavy (non-hydrogen) atoms. The molecule has 2 aliphatic rings. The summed E-state index contributed by atoms with van der Waals surface area (Å²) in [6.07, 6.45) is 5.05. The Hall–Kier alpha value is -2.40. The van der Waals surface area contributed by atoms with Gasteiger partial charge in [0.2, 0.25) is 5.88 Å². The second-order valence-electron chi connectivity index (χ2n) is 6.47. The molecule has 1 fully saturated rings. The SMILES string of the molecule is O=C(NC1c2ccccc2CC1O)c1ccnc(OC2CCC2)c1. The molecule has 1 amide bonds. The summed E-state index contributed by atoms with van der Waals surface area (Å²) in [5.41, 5.74) is 2.56. The van der Waals surface area contributed by atoms with E-state index in [2.05, 4.69) is 10.3 Å². The van der Waals surface area contributed by atoms with E-state index in [9.17, 15) is 9.90 Å². The van der Waals surface area contributed by atoms with Gasteiger partial charge in [-0.05, 0) is 36.5 Å². The van der Waals surface area contributed by atoms with E-state index >= 15 is 0 Å². The second-order valence-corrected chi connectivity index (χ2v) is 6.47. The number of fused-ring (bicyclic) bond motifs is 1. The monoisotopic (exact) mass is 324 g/mol. The fourth-order valence-corrected chi connectivity index (χ4v) is 3.25. The van der Waals surface area contributed by atoms with Crippen molar-refractivity contribution in [3.8, 4) is 5.88 Å². The highest BCUT2D eigenvalue weighted by molar-refractivity contribution is 5.94. The predicted molar refractivity (Wildman–Crippen MR) is 88.9 cm³/mol. The van der Waals surface area contributed by atoms with Gasteiger partial charge in [0.1, 0.15) is 6.10 Å². The number of nitrogens with zero attached hydrogens (tertiary/aromatic N) is 1. The van der Waals surface area contributed by atoms with Gasteiger partial charge in [-0.1, -0.05) is 24.3 Å². The van der Waals surface area contributed by atoms with Crippen LogP contribution in [0.1, 0.15) is 46.8 Å². The van der Waals surface area contributed by atoms with E-state index < -0.39 is 6.10 Å². The van der Waals surface area contributed by atoms with Crippen LogP contribution in [0.3, 0.4) is 0 Å². The molecular formula is C19H20N2O3. The zero-order valence-electron chi connectivity index (χ0n) is 13.3. The number of rotatable bonds is 4. The maximum Gasteiger partial charge on any atom is 0.252 e. The van der Waals surface area contributed by atoms with Crippen molar-refractivity contribution < 1.29 is 14.6 Å². The summed E-state index contributed by atoms with van der Waals surface area (Å²) in [6.45, 7) is 0. The summed E-state index contributed by atoms with van der Waals surface area (Å²) in [4.78, 5) is 16.7. The van der Waals surface area contributed by atoms with Crippen LogP contribution in [0.2, 0.25) is 0 Å². The largest absolute Gasteiger partial charge is 0.474 e. The van der Waals surface area contributed by atoms with Crippen molar-refractivity contribution in [2.45, 2.75) is 43.9 Å². The lowest BCUT2D eigenvalue weighted by Gasteiger charge is -2.25. The van der Waals surface area contributed by atoms with Crippen molar-refractivity contribution >= 4 is 5.91 Å². The zero-order chi connectivity index (χ0) is 16.5. The quantitative estimate of drug-likeness (QED) is 0.906. The normalized spacial score (nSPS) is 22.5. The van der Waals surface area contributed by atoms with E-state index in [4.69, 9.17) is 4.74 Å². The van der Waals surface area contributed by atoms with Crippen molar-refractivity contribution in [3.63, 3.8) is 0 Å². The molecule has 2 atom stereocenters. The maximum atomic E-state index is 12.6. The number of nitrogens with one attached hydrogen (secondary N) is 1. The highest BCUT2D eigenvalue weighted by Gasteiger charge is 2.32. The molecule has 0 bridgehead atoms. The standard InChI is InChI=1S/C19H20N2O3/c22-16-10-12-4-1-2-7-15(12)18(16)21-19(23)13-8-9-20-17(11-13)24-14-5-3-6-14/h1-2,4,7-9,11,14,16,18,22H,3,5-6,10H2,(H,21,23). The highest BCUT2D eigenvalue weighted by atomic mass is 16.5. The number of aliphatic hydroxyl groups excluding tert-OH is 1. The average molecular weight is 324 g/mol. The summed E-state index contributed by atoms with van der Waals surface area (Å²) < 4.78 is 5.75. The van der Waals surface area contributed by atoms with Crippen LogP contribution < -0.4 is 10.1 Å². The van der Waals surface area contributed by atoms with Gasteiger partial charge in [-0.25, -0.2) is 4.98 Å². The molecule has 5 nitrogen and oxygen atoms in total. The lowest BCUT2D eigenvalue weighted by molar-refractivity contribution is 0.0855. The fraction of sp³-hybridized carbons (Fsp3) is 0.368.